The van der Waals surface area contributed by atoms with Crippen molar-refractivity contribution in [3.05, 3.63) is 24.3 Å². The first-order valence-electron chi connectivity index (χ1n) is 5.76. The molecule has 0 unspecified atom stereocenters. The van der Waals surface area contributed by atoms with E-state index in [9.17, 15) is 13.2 Å². The predicted octanol–water partition coefficient (Wildman–Crippen LogP) is 0.417. The number of carbonyl (C=O) groups is 1. The first-order chi connectivity index (χ1) is 9.41. The third-order valence-corrected chi connectivity index (χ3v) is 4.41. The molecule has 0 saturated heterocycles. The lowest BCUT2D eigenvalue weighted by molar-refractivity contribution is -0.137. The number of hydrogen-bond donors (Lipinski definition) is 1. The summed E-state index contributed by atoms with van der Waals surface area (Å²) in [5.41, 5.74) is 0. The van der Waals surface area contributed by atoms with Gasteiger partial charge in [0, 0.05) is 13.7 Å². The molecule has 0 aromatic heterocycles. The summed E-state index contributed by atoms with van der Waals surface area (Å²) in [6, 6.07) is 5.75. The smallest absolute Gasteiger partial charge is 0.318 e. The maximum Gasteiger partial charge on any atom is 0.318 e. The average Bonchev–Trinajstić information content (AvgIpc) is 2.43. The first kappa shape index (κ1) is 16.4. The van der Waals surface area contributed by atoms with E-state index in [2.05, 4.69) is 0 Å². The Bertz CT molecular complexity index is 540. The molecule has 20 heavy (non-hydrogen) atoms. The van der Waals surface area contributed by atoms with Crippen molar-refractivity contribution < 1.29 is 27.8 Å². The lowest BCUT2D eigenvalue weighted by Crippen LogP contribution is -2.37. The van der Waals surface area contributed by atoms with Crippen molar-refractivity contribution in [2.45, 2.75) is 4.90 Å². The van der Waals surface area contributed by atoms with Crippen LogP contribution in [0.15, 0.2) is 29.2 Å². The van der Waals surface area contributed by atoms with Crippen LogP contribution in [0.5, 0.6) is 5.75 Å². The van der Waals surface area contributed by atoms with Gasteiger partial charge in [-0.3, -0.25) is 4.79 Å². The summed E-state index contributed by atoms with van der Waals surface area (Å²) in [7, 11) is -0.990. The summed E-state index contributed by atoms with van der Waals surface area (Å²) in [6.07, 6.45) is 0. The highest BCUT2D eigenvalue weighted by atomic mass is 32.2. The molecule has 0 spiro atoms. The number of rotatable bonds is 8. The van der Waals surface area contributed by atoms with E-state index in [4.69, 9.17) is 14.6 Å². The Morgan fingerprint density at radius 2 is 1.85 bits per heavy atom. The van der Waals surface area contributed by atoms with Crippen LogP contribution in [0.3, 0.4) is 0 Å². The van der Waals surface area contributed by atoms with Crippen LogP contribution in [-0.4, -0.2) is 57.7 Å². The largest absolute Gasteiger partial charge is 0.497 e. The van der Waals surface area contributed by atoms with Crippen molar-refractivity contribution in [3.63, 3.8) is 0 Å². The molecule has 0 aliphatic heterocycles. The Labute approximate surface area is 117 Å². The second kappa shape index (κ2) is 7.22. The van der Waals surface area contributed by atoms with Gasteiger partial charge in [-0.2, -0.15) is 4.31 Å². The molecule has 7 nitrogen and oxygen atoms in total. The second-order valence-corrected chi connectivity index (χ2v) is 5.84. The molecule has 0 bridgehead atoms. The van der Waals surface area contributed by atoms with Gasteiger partial charge in [-0.05, 0) is 24.3 Å². The normalized spacial score (nSPS) is 11.6. The van der Waals surface area contributed by atoms with Gasteiger partial charge in [-0.25, -0.2) is 8.42 Å². The molecular formula is C12H17NO6S. The van der Waals surface area contributed by atoms with Crippen LogP contribution < -0.4 is 4.74 Å². The minimum atomic E-state index is -3.88. The van der Waals surface area contributed by atoms with Crippen molar-refractivity contribution >= 4 is 16.0 Å². The van der Waals surface area contributed by atoms with Crippen molar-refractivity contribution in [3.8, 4) is 5.75 Å². The van der Waals surface area contributed by atoms with Crippen molar-refractivity contribution in [2.75, 3.05) is 33.9 Å². The number of carboxylic acid groups (broad SMARTS) is 1. The van der Waals surface area contributed by atoms with Gasteiger partial charge in [0.2, 0.25) is 10.0 Å². The fourth-order valence-electron chi connectivity index (χ4n) is 1.52. The standard InChI is InChI=1S/C12H17NO6S/c1-18-8-7-13(9-12(14)15)20(16,17)11-5-3-10(19-2)4-6-11/h3-6H,7-9H2,1-2H3,(H,14,15). The van der Waals surface area contributed by atoms with Crippen molar-refractivity contribution in [1.29, 1.82) is 0 Å². The molecule has 112 valence electrons. The maximum atomic E-state index is 12.3. The van der Waals surface area contributed by atoms with E-state index in [1.807, 2.05) is 0 Å². The highest BCUT2D eigenvalue weighted by Gasteiger charge is 2.26. The Hall–Kier alpha value is -1.64. The lowest BCUT2D eigenvalue weighted by atomic mass is 10.3. The molecule has 0 heterocycles. The molecule has 0 atom stereocenters. The topological polar surface area (TPSA) is 93.1 Å². The zero-order chi connectivity index (χ0) is 15.2. The van der Waals surface area contributed by atoms with Crippen LogP contribution in [0.4, 0.5) is 0 Å². The number of carboxylic acids is 1. The molecule has 0 fully saturated rings. The quantitative estimate of drug-likeness (QED) is 0.748. The number of hydrogen-bond acceptors (Lipinski definition) is 5. The van der Waals surface area contributed by atoms with Crippen molar-refractivity contribution in [2.24, 2.45) is 0 Å². The van der Waals surface area contributed by atoms with E-state index >= 15 is 0 Å². The number of sulfonamides is 1. The van der Waals surface area contributed by atoms with Gasteiger partial charge in [0.25, 0.3) is 0 Å². The molecule has 0 saturated carbocycles. The summed E-state index contributed by atoms with van der Waals surface area (Å²) in [5.74, 6) is -0.705. The summed E-state index contributed by atoms with van der Waals surface area (Å²) in [5, 5.41) is 8.81. The third kappa shape index (κ3) is 4.19. The van der Waals surface area contributed by atoms with Gasteiger partial charge >= 0.3 is 5.97 Å². The number of benzene rings is 1. The van der Waals surface area contributed by atoms with Crippen LogP contribution in [-0.2, 0) is 19.6 Å². The lowest BCUT2D eigenvalue weighted by Gasteiger charge is -2.20. The second-order valence-electron chi connectivity index (χ2n) is 3.90. The molecule has 0 amide bonds. The van der Waals surface area contributed by atoms with Crippen LogP contribution in [0, 0.1) is 0 Å². The highest BCUT2D eigenvalue weighted by molar-refractivity contribution is 7.89. The predicted molar refractivity (Wildman–Crippen MR) is 71.3 cm³/mol. The van der Waals surface area contributed by atoms with E-state index in [1.54, 1.807) is 0 Å². The Kier molecular flexibility index (Phi) is 5.93. The Morgan fingerprint density at radius 1 is 1.25 bits per heavy atom. The molecule has 0 radical (unpaired) electrons. The van der Waals surface area contributed by atoms with E-state index in [0.29, 0.717) is 5.75 Å². The summed E-state index contributed by atoms with van der Waals surface area (Å²) in [6.45, 7) is -0.530. The van der Waals surface area contributed by atoms with Gasteiger partial charge < -0.3 is 14.6 Å². The summed E-state index contributed by atoms with van der Waals surface area (Å²) >= 11 is 0. The zero-order valence-electron chi connectivity index (χ0n) is 11.3. The molecular weight excluding hydrogens is 286 g/mol. The third-order valence-electron chi connectivity index (χ3n) is 2.55. The minimum absolute atomic E-state index is 0.00986. The van der Waals surface area contributed by atoms with E-state index < -0.39 is 22.5 Å². The molecule has 0 aliphatic carbocycles. The van der Waals surface area contributed by atoms with Gasteiger partial charge in [0.1, 0.15) is 12.3 Å². The van der Waals surface area contributed by atoms with Gasteiger partial charge in [-0.1, -0.05) is 0 Å². The molecule has 1 rings (SSSR count). The zero-order valence-corrected chi connectivity index (χ0v) is 12.1. The SMILES string of the molecule is COCCN(CC(=O)O)S(=O)(=O)c1ccc(OC)cc1. The number of ether oxygens (including phenoxy) is 2. The van der Waals surface area contributed by atoms with E-state index in [0.717, 1.165) is 4.31 Å². The van der Waals surface area contributed by atoms with Gasteiger partial charge in [0.15, 0.2) is 0 Å². The van der Waals surface area contributed by atoms with E-state index in [1.165, 1.54) is 38.5 Å². The van der Waals surface area contributed by atoms with Crippen LogP contribution >= 0.6 is 0 Å². The van der Waals surface area contributed by atoms with E-state index in [-0.39, 0.29) is 18.0 Å². The van der Waals surface area contributed by atoms with Crippen molar-refractivity contribution in [1.82, 2.24) is 4.31 Å². The molecule has 1 N–H and O–H groups in total. The number of aliphatic carboxylic acids is 1. The minimum Gasteiger partial charge on any atom is -0.497 e. The van der Waals surface area contributed by atoms with Crippen LogP contribution in [0.25, 0.3) is 0 Å². The number of nitrogens with zero attached hydrogens (tertiary/aromatic N) is 1. The van der Waals surface area contributed by atoms with Gasteiger partial charge in [0.05, 0.1) is 18.6 Å². The molecule has 1 aromatic rings. The molecule has 8 heteroatoms. The summed E-state index contributed by atoms with van der Waals surface area (Å²) in [4.78, 5) is 10.8. The highest BCUT2D eigenvalue weighted by Crippen LogP contribution is 2.19. The Morgan fingerprint density at radius 3 is 2.30 bits per heavy atom. The maximum absolute atomic E-state index is 12.3. The van der Waals surface area contributed by atoms with Crippen LogP contribution in [0.2, 0.25) is 0 Å². The monoisotopic (exact) mass is 303 g/mol. The first-order valence-corrected chi connectivity index (χ1v) is 7.20. The van der Waals surface area contributed by atoms with Crippen LogP contribution in [0.1, 0.15) is 0 Å². The fourth-order valence-corrected chi connectivity index (χ4v) is 2.90. The Balaban J connectivity index is 3.03. The number of methoxy groups -OCH3 is 2. The van der Waals surface area contributed by atoms with Gasteiger partial charge in [-0.15, -0.1) is 0 Å². The molecule has 0 aliphatic rings. The fraction of sp³-hybridized carbons (Fsp3) is 0.417. The summed E-state index contributed by atoms with van der Waals surface area (Å²) < 4.78 is 35.3. The molecule has 1 aromatic carbocycles. The average molecular weight is 303 g/mol.